The maximum atomic E-state index is 12.4. The van der Waals surface area contributed by atoms with Crippen LogP contribution in [0.15, 0.2) is 18.2 Å². The largest absolute Gasteiger partial charge is 1.00 e. The van der Waals surface area contributed by atoms with Gasteiger partial charge in [-0.15, -0.1) is 0 Å². The summed E-state index contributed by atoms with van der Waals surface area (Å²) in [6.45, 7) is 1.52. The van der Waals surface area contributed by atoms with Gasteiger partial charge in [-0.1, -0.05) is 0 Å². The first kappa shape index (κ1) is 11.6. The minimum Gasteiger partial charge on any atom is -0.545 e. The molecule has 0 atom stereocenters. The Bertz CT molecular complexity index is 299. The zero-order valence-electron chi connectivity index (χ0n) is 6.93. The summed E-state index contributed by atoms with van der Waals surface area (Å²) < 4.78 is 12.4. The molecule has 0 saturated carbocycles. The molecular formula is C8H6FNaO2. The SMILES string of the molecule is Cc1cc(F)ccc1C(=O)[O-].[Na+]. The Morgan fingerprint density at radius 2 is 2.08 bits per heavy atom. The van der Waals surface area contributed by atoms with E-state index in [-0.39, 0.29) is 35.1 Å². The van der Waals surface area contributed by atoms with Crippen molar-refractivity contribution < 1.29 is 43.8 Å². The fourth-order valence-corrected chi connectivity index (χ4v) is 0.856. The molecule has 1 rings (SSSR count). The van der Waals surface area contributed by atoms with Gasteiger partial charge >= 0.3 is 29.6 Å². The summed E-state index contributed by atoms with van der Waals surface area (Å²) in [6.07, 6.45) is 0. The molecule has 0 radical (unpaired) electrons. The molecule has 0 spiro atoms. The van der Waals surface area contributed by atoms with Crippen LogP contribution in [0.2, 0.25) is 0 Å². The van der Waals surface area contributed by atoms with Crippen LogP contribution in [0.4, 0.5) is 4.39 Å². The van der Waals surface area contributed by atoms with E-state index in [0.29, 0.717) is 5.56 Å². The summed E-state index contributed by atoms with van der Waals surface area (Å²) >= 11 is 0. The maximum absolute atomic E-state index is 12.4. The van der Waals surface area contributed by atoms with Crippen molar-refractivity contribution in [3.05, 3.63) is 35.1 Å². The molecule has 0 unspecified atom stereocenters. The van der Waals surface area contributed by atoms with Crippen molar-refractivity contribution in [1.82, 2.24) is 0 Å². The number of rotatable bonds is 1. The number of halogens is 1. The molecule has 0 fully saturated rings. The fraction of sp³-hybridized carbons (Fsp3) is 0.125. The number of carboxylic acid groups (broad SMARTS) is 1. The molecule has 58 valence electrons. The molecule has 0 bridgehead atoms. The maximum Gasteiger partial charge on any atom is 1.00 e. The van der Waals surface area contributed by atoms with E-state index in [0.717, 1.165) is 12.1 Å². The zero-order valence-corrected chi connectivity index (χ0v) is 8.93. The van der Waals surface area contributed by atoms with E-state index in [2.05, 4.69) is 0 Å². The molecule has 0 saturated heterocycles. The second-order valence-corrected chi connectivity index (χ2v) is 2.25. The van der Waals surface area contributed by atoms with E-state index in [9.17, 15) is 14.3 Å². The van der Waals surface area contributed by atoms with Crippen LogP contribution in [0.25, 0.3) is 0 Å². The van der Waals surface area contributed by atoms with E-state index >= 15 is 0 Å². The van der Waals surface area contributed by atoms with Crippen molar-refractivity contribution in [1.29, 1.82) is 0 Å². The third kappa shape index (κ3) is 2.59. The quantitative estimate of drug-likeness (QED) is 0.444. The predicted molar refractivity (Wildman–Crippen MR) is 35.5 cm³/mol. The van der Waals surface area contributed by atoms with Gasteiger partial charge in [-0.3, -0.25) is 0 Å². The normalized spacial score (nSPS) is 8.83. The average molecular weight is 176 g/mol. The van der Waals surface area contributed by atoms with Gasteiger partial charge in [0.15, 0.2) is 0 Å². The first-order valence-corrected chi connectivity index (χ1v) is 3.09. The second kappa shape index (κ2) is 4.60. The zero-order chi connectivity index (χ0) is 8.43. The van der Waals surface area contributed by atoms with E-state index in [4.69, 9.17) is 0 Å². The molecular weight excluding hydrogens is 170 g/mol. The third-order valence-electron chi connectivity index (χ3n) is 1.41. The van der Waals surface area contributed by atoms with Crippen LogP contribution < -0.4 is 34.7 Å². The van der Waals surface area contributed by atoms with Crippen molar-refractivity contribution in [2.45, 2.75) is 6.92 Å². The van der Waals surface area contributed by atoms with Crippen LogP contribution in [0.3, 0.4) is 0 Å². The molecule has 2 nitrogen and oxygen atoms in total. The van der Waals surface area contributed by atoms with Crippen LogP contribution in [0.5, 0.6) is 0 Å². The molecule has 0 aromatic heterocycles. The number of aryl methyl sites for hydroxylation is 1. The van der Waals surface area contributed by atoms with Crippen LogP contribution >= 0.6 is 0 Å². The van der Waals surface area contributed by atoms with Crippen LogP contribution in [-0.2, 0) is 0 Å². The van der Waals surface area contributed by atoms with Crippen molar-refractivity contribution >= 4 is 5.97 Å². The van der Waals surface area contributed by atoms with Gasteiger partial charge in [0.05, 0.1) is 5.97 Å². The molecule has 0 aliphatic carbocycles. The standard InChI is InChI=1S/C8H7FO2.Na/c1-5-4-6(9)2-3-7(5)8(10)11;/h2-4H,1H3,(H,10,11);/q;+1/p-1. The summed E-state index contributed by atoms with van der Waals surface area (Å²) in [7, 11) is 0. The molecule has 0 aliphatic heterocycles. The number of carbonyl (C=O) groups excluding carboxylic acids is 1. The number of hydrogen-bond acceptors (Lipinski definition) is 2. The number of carbonyl (C=O) groups is 1. The van der Waals surface area contributed by atoms with Crippen molar-refractivity contribution in [3.63, 3.8) is 0 Å². The van der Waals surface area contributed by atoms with Crippen LogP contribution in [0.1, 0.15) is 15.9 Å². The number of carboxylic acids is 1. The predicted octanol–water partition coefficient (Wildman–Crippen LogP) is -2.50. The van der Waals surface area contributed by atoms with E-state index in [1.807, 2.05) is 0 Å². The Morgan fingerprint density at radius 1 is 1.50 bits per heavy atom. The molecule has 0 aliphatic rings. The third-order valence-corrected chi connectivity index (χ3v) is 1.41. The summed E-state index contributed by atoms with van der Waals surface area (Å²) in [5.74, 6) is -1.71. The Kier molecular flexibility index (Phi) is 4.45. The van der Waals surface area contributed by atoms with Crippen molar-refractivity contribution in [2.24, 2.45) is 0 Å². The Labute approximate surface area is 91.7 Å². The van der Waals surface area contributed by atoms with Gasteiger partial charge in [0.1, 0.15) is 5.82 Å². The van der Waals surface area contributed by atoms with Crippen molar-refractivity contribution in [3.8, 4) is 0 Å². The van der Waals surface area contributed by atoms with Crippen LogP contribution in [-0.4, -0.2) is 5.97 Å². The van der Waals surface area contributed by atoms with Gasteiger partial charge in [0.2, 0.25) is 0 Å². The number of benzene rings is 1. The van der Waals surface area contributed by atoms with Crippen LogP contribution in [0, 0.1) is 12.7 Å². The van der Waals surface area contributed by atoms with E-state index in [1.165, 1.54) is 13.0 Å². The molecule has 0 N–H and O–H groups in total. The molecule has 1 aromatic rings. The van der Waals surface area contributed by atoms with Gasteiger partial charge in [-0.25, -0.2) is 4.39 Å². The summed E-state index contributed by atoms with van der Waals surface area (Å²) in [6, 6.07) is 3.45. The van der Waals surface area contributed by atoms with Gasteiger partial charge < -0.3 is 9.90 Å². The summed E-state index contributed by atoms with van der Waals surface area (Å²) in [5, 5.41) is 10.3. The van der Waals surface area contributed by atoms with E-state index in [1.54, 1.807) is 0 Å². The topological polar surface area (TPSA) is 40.1 Å². The van der Waals surface area contributed by atoms with Crippen molar-refractivity contribution in [2.75, 3.05) is 0 Å². The van der Waals surface area contributed by atoms with Gasteiger partial charge in [-0.2, -0.15) is 0 Å². The molecule has 0 amide bonds. The van der Waals surface area contributed by atoms with Gasteiger partial charge in [0, 0.05) is 5.56 Å². The smallest absolute Gasteiger partial charge is 0.545 e. The average Bonchev–Trinajstić information content (AvgIpc) is 1.85. The Balaban J connectivity index is 0.00000121. The monoisotopic (exact) mass is 176 g/mol. The minimum atomic E-state index is -1.28. The second-order valence-electron chi connectivity index (χ2n) is 2.25. The van der Waals surface area contributed by atoms with E-state index < -0.39 is 11.8 Å². The Morgan fingerprint density at radius 3 is 2.50 bits per heavy atom. The minimum absolute atomic E-state index is 0. The summed E-state index contributed by atoms with van der Waals surface area (Å²) in [5.41, 5.74) is 0.413. The van der Waals surface area contributed by atoms with Gasteiger partial charge in [0.25, 0.3) is 0 Å². The fourth-order valence-electron chi connectivity index (χ4n) is 0.856. The number of aromatic carboxylic acids is 1. The first-order valence-electron chi connectivity index (χ1n) is 3.09. The first-order chi connectivity index (χ1) is 5.11. The molecule has 1 aromatic carbocycles. The molecule has 0 heterocycles. The molecule has 4 heteroatoms. The van der Waals surface area contributed by atoms with Gasteiger partial charge in [-0.05, 0) is 30.7 Å². The molecule has 12 heavy (non-hydrogen) atoms. The Hall–Kier alpha value is -0.380. The number of hydrogen-bond donors (Lipinski definition) is 0. The summed E-state index contributed by atoms with van der Waals surface area (Å²) in [4.78, 5) is 10.3.